The Balaban J connectivity index is 1.46. The number of benzene rings is 2. The summed E-state index contributed by atoms with van der Waals surface area (Å²) in [5.41, 5.74) is 2.41. The van der Waals surface area contributed by atoms with E-state index >= 15 is 0 Å². The molecular weight excluding hydrogens is 492 g/mol. The second kappa shape index (κ2) is 10.9. The number of carbonyl (C=O) groups is 1. The van der Waals surface area contributed by atoms with Crippen LogP contribution in [0.15, 0.2) is 106 Å². The van der Waals surface area contributed by atoms with Gasteiger partial charge in [-0.15, -0.1) is 0 Å². The summed E-state index contributed by atoms with van der Waals surface area (Å²) in [4.78, 5) is 19.6. The number of hydrogen-bond donors (Lipinski definition) is 2. The Morgan fingerprint density at radius 1 is 1.08 bits per heavy atom. The molecule has 182 valence electrons. The third-order valence-electron chi connectivity index (χ3n) is 5.66. The van der Waals surface area contributed by atoms with Crippen LogP contribution < -0.4 is 15.5 Å². The number of amides is 1. The number of hydrogen-bond acceptors (Lipinski definition) is 6. The fourth-order valence-corrected chi connectivity index (χ4v) is 5.25. The summed E-state index contributed by atoms with van der Waals surface area (Å²) in [6.07, 6.45) is 1.77. The Kier molecular flexibility index (Phi) is 7.31. The molecule has 0 saturated carbocycles. The van der Waals surface area contributed by atoms with E-state index in [1.54, 1.807) is 18.0 Å². The molecule has 9 heteroatoms. The van der Waals surface area contributed by atoms with E-state index < -0.39 is 0 Å². The van der Waals surface area contributed by atoms with Crippen molar-refractivity contribution < 1.29 is 13.9 Å². The van der Waals surface area contributed by atoms with Crippen LogP contribution in [0, 0.1) is 0 Å². The van der Waals surface area contributed by atoms with Gasteiger partial charge >= 0.3 is 0 Å². The van der Waals surface area contributed by atoms with Crippen molar-refractivity contribution in [1.29, 1.82) is 0 Å². The molecule has 1 amide bonds. The zero-order valence-electron chi connectivity index (χ0n) is 19.5. The molecule has 36 heavy (non-hydrogen) atoms. The number of carbonyl (C=O) groups excluding carboxylic acids is 1. The average molecular weight is 517 g/mol. The number of thiocarbonyl (C=S) groups is 1. The first-order valence-electron chi connectivity index (χ1n) is 11.3. The maximum absolute atomic E-state index is 11.9. The first kappa shape index (κ1) is 24.1. The highest BCUT2D eigenvalue weighted by atomic mass is 32.2. The van der Waals surface area contributed by atoms with Gasteiger partial charge in [-0.2, -0.15) is 0 Å². The van der Waals surface area contributed by atoms with E-state index in [-0.39, 0.29) is 24.6 Å². The Morgan fingerprint density at radius 2 is 1.86 bits per heavy atom. The molecule has 1 saturated heterocycles. The lowest BCUT2D eigenvalue weighted by Crippen LogP contribution is -2.29. The predicted molar refractivity (Wildman–Crippen MR) is 144 cm³/mol. The summed E-state index contributed by atoms with van der Waals surface area (Å²) in [5, 5.41) is 7.61. The van der Waals surface area contributed by atoms with Gasteiger partial charge in [0.05, 0.1) is 11.7 Å². The maximum atomic E-state index is 11.9. The molecule has 2 aromatic heterocycles. The van der Waals surface area contributed by atoms with E-state index in [1.807, 2.05) is 77.7 Å². The lowest BCUT2D eigenvalue weighted by Gasteiger charge is -2.26. The molecule has 2 atom stereocenters. The molecule has 0 unspecified atom stereocenters. The van der Waals surface area contributed by atoms with Crippen molar-refractivity contribution in [3.8, 4) is 0 Å². The molecule has 5 rings (SSSR count). The highest BCUT2D eigenvalue weighted by Crippen LogP contribution is 2.43. The van der Waals surface area contributed by atoms with Crippen molar-refractivity contribution >= 4 is 46.4 Å². The first-order chi connectivity index (χ1) is 17.6. The van der Waals surface area contributed by atoms with E-state index in [2.05, 4.69) is 27.8 Å². The van der Waals surface area contributed by atoms with Crippen LogP contribution in [-0.4, -0.2) is 29.7 Å². The molecule has 0 spiro atoms. The molecular formula is C27H24N4O3S2. The minimum atomic E-state index is -0.258. The summed E-state index contributed by atoms with van der Waals surface area (Å²) >= 11 is 7.35. The van der Waals surface area contributed by atoms with Crippen molar-refractivity contribution in [2.45, 2.75) is 22.1 Å². The largest absolute Gasteiger partial charge is 0.452 e. The van der Waals surface area contributed by atoms with Gasteiger partial charge in [0.1, 0.15) is 18.4 Å². The second-order valence-corrected chi connectivity index (χ2v) is 9.56. The number of methoxy groups -OCH3 is 1. The topological polar surface area (TPSA) is 79.6 Å². The summed E-state index contributed by atoms with van der Waals surface area (Å²) < 4.78 is 11.2. The zero-order valence-corrected chi connectivity index (χ0v) is 21.1. The SMILES string of the molecule is COCC(=O)Nc1ccc(N2C(=S)N[C@H](c3ccccn3)[C@H]2c2ccc(Sc3ccccc3)o2)cc1. The smallest absolute Gasteiger partial charge is 0.250 e. The van der Waals surface area contributed by atoms with Crippen LogP contribution in [0.4, 0.5) is 11.4 Å². The number of anilines is 2. The fourth-order valence-electron chi connectivity index (χ4n) is 4.11. The molecule has 1 fully saturated rings. The highest BCUT2D eigenvalue weighted by molar-refractivity contribution is 7.99. The number of pyridine rings is 1. The van der Waals surface area contributed by atoms with Gasteiger partial charge in [0.2, 0.25) is 5.91 Å². The summed E-state index contributed by atoms with van der Waals surface area (Å²) in [6.45, 7) is -0.00245. The molecule has 0 aliphatic carbocycles. The van der Waals surface area contributed by atoms with E-state index in [9.17, 15) is 4.79 Å². The van der Waals surface area contributed by atoms with Crippen LogP contribution in [0.3, 0.4) is 0 Å². The van der Waals surface area contributed by atoms with Gasteiger partial charge in [0.15, 0.2) is 10.2 Å². The van der Waals surface area contributed by atoms with Gasteiger partial charge in [-0.3, -0.25) is 9.78 Å². The summed E-state index contributed by atoms with van der Waals surface area (Å²) in [6, 6.07) is 27.0. The van der Waals surface area contributed by atoms with Crippen LogP contribution in [-0.2, 0) is 9.53 Å². The number of nitrogens with zero attached hydrogens (tertiary/aromatic N) is 2. The first-order valence-corrected chi connectivity index (χ1v) is 12.6. The van der Waals surface area contributed by atoms with Crippen LogP contribution in [0.1, 0.15) is 23.5 Å². The quantitative estimate of drug-likeness (QED) is 0.294. The molecule has 0 bridgehead atoms. The molecule has 1 aliphatic rings. The summed E-state index contributed by atoms with van der Waals surface area (Å²) in [7, 11) is 1.49. The van der Waals surface area contributed by atoms with Crippen LogP contribution >= 0.6 is 24.0 Å². The fraction of sp³-hybridized carbons (Fsp3) is 0.148. The summed E-state index contributed by atoms with van der Waals surface area (Å²) in [5.74, 6) is 0.560. The molecule has 1 aliphatic heterocycles. The van der Waals surface area contributed by atoms with Gasteiger partial charge in [0.25, 0.3) is 0 Å². The Labute approximate surface area is 218 Å². The lowest BCUT2D eigenvalue weighted by molar-refractivity contribution is -0.119. The van der Waals surface area contributed by atoms with Crippen LogP contribution in [0.2, 0.25) is 0 Å². The van der Waals surface area contributed by atoms with Gasteiger partial charge in [-0.25, -0.2) is 0 Å². The van der Waals surface area contributed by atoms with Gasteiger partial charge in [0, 0.05) is 29.6 Å². The molecule has 2 N–H and O–H groups in total. The minimum absolute atomic E-state index is 0.00245. The normalized spacial score (nSPS) is 17.1. The van der Waals surface area contributed by atoms with Crippen LogP contribution in [0.25, 0.3) is 0 Å². The molecule has 4 aromatic rings. The van der Waals surface area contributed by atoms with Crippen molar-refractivity contribution in [3.05, 3.63) is 103 Å². The third-order valence-corrected chi connectivity index (χ3v) is 6.90. The molecule has 0 radical (unpaired) electrons. The number of aromatic nitrogens is 1. The molecule has 3 heterocycles. The molecule has 2 aromatic carbocycles. The Hall–Kier alpha value is -3.66. The third kappa shape index (κ3) is 5.28. The average Bonchev–Trinajstić information content (AvgIpc) is 3.49. The van der Waals surface area contributed by atoms with Crippen molar-refractivity contribution in [2.24, 2.45) is 0 Å². The van der Waals surface area contributed by atoms with Gasteiger partial charge < -0.3 is 24.7 Å². The zero-order chi connectivity index (χ0) is 24.9. The van der Waals surface area contributed by atoms with Gasteiger partial charge in [-0.05, 0) is 72.9 Å². The van der Waals surface area contributed by atoms with Crippen molar-refractivity contribution in [3.63, 3.8) is 0 Å². The van der Waals surface area contributed by atoms with Gasteiger partial charge in [-0.1, -0.05) is 36.0 Å². The second-order valence-electron chi connectivity index (χ2n) is 8.10. The maximum Gasteiger partial charge on any atom is 0.250 e. The van der Waals surface area contributed by atoms with E-state index in [4.69, 9.17) is 21.4 Å². The Morgan fingerprint density at radius 3 is 2.58 bits per heavy atom. The lowest BCUT2D eigenvalue weighted by atomic mass is 10.0. The number of furan rings is 1. The van der Waals surface area contributed by atoms with E-state index in [0.29, 0.717) is 10.8 Å². The molecule has 7 nitrogen and oxygen atoms in total. The van der Waals surface area contributed by atoms with E-state index in [0.717, 1.165) is 27.1 Å². The number of rotatable bonds is 8. The highest BCUT2D eigenvalue weighted by Gasteiger charge is 2.42. The number of nitrogens with one attached hydrogen (secondary N) is 2. The monoisotopic (exact) mass is 516 g/mol. The predicted octanol–water partition coefficient (Wildman–Crippen LogP) is 5.59. The number of ether oxygens (including phenoxy) is 1. The minimum Gasteiger partial charge on any atom is -0.452 e. The Bertz CT molecular complexity index is 1330. The van der Waals surface area contributed by atoms with Crippen molar-refractivity contribution in [2.75, 3.05) is 23.9 Å². The van der Waals surface area contributed by atoms with Crippen molar-refractivity contribution in [1.82, 2.24) is 10.3 Å². The standard InChI is InChI=1S/C27H24N4O3S2/c1-33-17-23(32)29-18-10-12-19(13-11-18)31-26(25(30-27(31)35)21-9-5-6-16-28-21)22-14-15-24(34-22)36-20-7-3-2-4-8-20/h2-16,25-26H,17H2,1H3,(H,29,32)(H,30,35)/t25-,26-/m1/s1. The van der Waals surface area contributed by atoms with E-state index in [1.165, 1.54) is 7.11 Å². The van der Waals surface area contributed by atoms with Crippen LogP contribution in [0.5, 0.6) is 0 Å².